The number of amides is 2. The first-order chi connectivity index (χ1) is 12.5. The Labute approximate surface area is 156 Å². The average molecular weight is 361 g/mol. The first kappa shape index (κ1) is 18.9. The van der Waals surface area contributed by atoms with Gasteiger partial charge in [0.15, 0.2) is 0 Å². The van der Waals surface area contributed by atoms with Gasteiger partial charge in [-0.2, -0.15) is 0 Å². The van der Waals surface area contributed by atoms with E-state index < -0.39 is 0 Å². The van der Waals surface area contributed by atoms with E-state index in [0.29, 0.717) is 6.04 Å². The van der Waals surface area contributed by atoms with Gasteiger partial charge >= 0.3 is 6.03 Å². The minimum Gasteiger partial charge on any atom is -0.378 e. The molecule has 0 aliphatic carbocycles. The summed E-state index contributed by atoms with van der Waals surface area (Å²) in [6.07, 6.45) is 2.02. The fourth-order valence-electron chi connectivity index (χ4n) is 3.63. The Bertz CT molecular complexity index is 632. The summed E-state index contributed by atoms with van der Waals surface area (Å²) < 4.78 is 5.39. The van der Waals surface area contributed by atoms with E-state index in [-0.39, 0.29) is 12.1 Å². The van der Waals surface area contributed by atoms with Gasteiger partial charge in [0.1, 0.15) is 5.82 Å². The highest BCUT2D eigenvalue weighted by molar-refractivity contribution is 5.90. The van der Waals surface area contributed by atoms with Gasteiger partial charge in [0.2, 0.25) is 0 Å². The van der Waals surface area contributed by atoms with Gasteiger partial charge in [0.25, 0.3) is 0 Å². The van der Waals surface area contributed by atoms with E-state index in [1.54, 1.807) is 0 Å². The zero-order valence-electron chi connectivity index (χ0n) is 16.4. The number of ether oxygens (including phenoxy) is 1. The second kappa shape index (κ2) is 8.22. The molecule has 1 aromatic heterocycles. The van der Waals surface area contributed by atoms with Crippen molar-refractivity contribution in [3.8, 4) is 0 Å². The topological polar surface area (TPSA) is 60.9 Å². The summed E-state index contributed by atoms with van der Waals surface area (Å²) in [6.45, 7) is 8.37. The van der Waals surface area contributed by atoms with Crippen molar-refractivity contribution < 1.29 is 9.53 Å². The summed E-state index contributed by atoms with van der Waals surface area (Å²) >= 11 is 0. The van der Waals surface area contributed by atoms with Crippen LogP contribution in [0.5, 0.6) is 0 Å². The predicted molar refractivity (Wildman–Crippen MR) is 104 cm³/mol. The number of hydrogen-bond acceptors (Lipinski definition) is 5. The summed E-state index contributed by atoms with van der Waals surface area (Å²) in [5.41, 5.74) is 1.62. The zero-order valence-corrected chi connectivity index (χ0v) is 16.4. The molecule has 1 aromatic rings. The number of piperidine rings is 1. The van der Waals surface area contributed by atoms with Gasteiger partial charge < -0.3 is 24.8 Å². The minimum atomic E-state index is -0.0595. The van der Waals surface area contributed by atoms with Crippen molar-refractivity contribution in [2.75, 3.05) is 57.2 Å². The number of pyridine rings is 1. The predicted octanol–water partition coefficient (Wildman–Crippen LogP) is 2.17. The Morgan fingerprint density at radius 3 is 2.69 bits per heavy atom. The van der Waals surface area contributed by atoms with Crippen LogP contribution in [0.1, 0.15) is 25.5 Å². The van der Waals surface area contributed by atoms with Crippen LogP contribution in [0.4, 0.5) is 16.3 Å². The Balaban J connectivity index is 1.61. The summed E-state index contributed by atoms with van der Waals surface area (Å²) in [5, 5.41) is 3.03. The van der Waals surface area contributed by atoms with E-state index in [4.69, 9.17) is 4.74 Å². The summed E-state index contributed by atoms with van der Waals surface area (Å²) in [4.78, 5) is 23.8. The van der Waals surface area contributed by atoms with Gasteiger partial charge in [-0.05, 0) is 45.9 Å². The zero-order chi connectivity index (χ0) is 18.7. The standard InChI is InChI=1S/C19H31N5O2/c1-14-13-16(7-8-22(14)3)23(4)19(25)21-17-5-6-18(20-15(17)2)24-9-11-26-12-10-24/h5-6,14,16H,7-13H2,1-4H3,(H,21,25). The number of hydrogen-bond donors (Lipinski definition) is 1. The number of aromatic nitrogens is 1. The van der Waals surface area contributed by atoms with E-state index in [2.05, 4.69) is 34.1 Å². The van der Waals surface area contributed by atoms with Gasteiger partial charge in [0, 0.05) is 38.8 Å². The third kappa shape index (κ3) is 4.27. The summed E-state index contributed by atoms with van der Waals surface area (Å²) in [6, 6.07) is 4.65. The van der Waals surface area contributed by atoms with Crippen LogP contribution >= 0.6 is 0 Å². The van der Waals surface area contributed by atoms with Gasteiger partial charge in [0.05, 0.1) is 24.6 Å². The molecule has 144 valence electrons. The maximum absolute atomic E-state index is 12.7. The van der Waals surface area contributed by atoms with E-state index >= 15 is 0 Å². The molecule has 0 spiro atoms. The highest BCUT2D eigenvalue weighted by atomic mass is 16.5. The second-order valence-electron chi connectivity index (χ2n) is 7.45. The molecular formula is C19H31N5O2. The van der Waals surface area contributed by atoms with Crippen molar-refractivity contribution in [3.05, 3.63) is 17.8 Å². The van der Waals surface area contributed by atoms with Crippen molar-refractivity contribution >= 4 is 17.5 Å². The molecule has 2 aliphatic rings. The number of aryl methyl sites for hydroxylation is 1. The average Bonchev–Trinajstić information content (AvgIpc) is 2.65. The number of nitrogens with one attached hydrogen (secondary N) is 1. The molecule has 0 aromatic carbocycles. The molecule has 0 radical (unpaired) electrons. The van der Waals surface area contributed by atoms with Gasteiger partial charge in [-0.15, -0.1) is 0 Å². The number of rotatable bonds is 3. The van der Waals surface area contributed by atoms with Crippen molar-refractivity contribution in [1.82, 2.24) is 14.8 Å². The highest BCUT2D eigenvalue weighted by Crippen LogP contribution is 2.22. The first-order valence-electron chi connectivity index (χ1n) is 9.50. The molecule has 26 heavy (non-hydrogen) atoms. The summed E-state index contributed by atoms with van der Waals surface area (Å²) in [7, 11) is 4.04. The van der Waals surface area contributed by atoms with Crippen molar-refractivity contribution in [1.29, 1.82) is 0 Å². The molecule has 7 heteroatoms. The lowest BCUT2D eigenvalue weighted by molar-refractivity contribution is 0.120. The maximum atomic E-state index is 12.7. The normalized spacial score (nSPS) is 24.4. The molecule has 2 atom stereocenters. The number of likely N-dealkylation sites (tertiary alicyclic amines) is 1. The number of anilines is 2. The third-order valence-corrected chi connectivity index (χ3v) is 5.70. The molecule has 2 amide bonds. The molecule has 0 bridgehead atoms. The SMILES string of the molecule is Cc1nc(N2CCOCC2)ccc1NC(=O)N(C)C1CCN(C)C(C)C1. The number of nitrogens with zero attached hydrogens (tertiary/aromatic N) is 4. The third-order valence-electron chi connectivity index (χ3n) is 5.70. The Morgan fingerprint density at radius 1 is 1.31 bits per heavy atom. The Morgan fingerprint density at radius 2 is 2.04 bits per heavy atom. The van der Waals surface area contributed by atoms with Crippen molar-refractivity contribution in [2.45, 2.75) is 38.8 Å². The first-order valence-corrected chi connectivity index (χ1v) is 9.50. The fourth-order valence-corrected chi connectivity index (χ4v) is 3.63. The Hall–Kier alpha value is -1.86. The van der Waals surface area contributed by atoms with E-state index in [1.807, 2.05) is 31.0 Å². The molecular weight excluding hydrogens is 330 g/mol. The van der Waals surface area contributed by atoms with Crippen LogP contribution in [-0.2, 0) is 4.74 Å². The molecule has 2 aliphatic heterocycles. The minimum absolute atomic E-state index is 0.0595. The van der Waals surface area contributed by atoms with Crippen molar-refractivity contribution in [3.63, 3.8) is 0 Å². The molecule has 3 rings (SSSR count). The lowest BCUT2D eigenvalue weighted by Crippen LogP contribution is -2.49. The quantitative estimate of drug-likeness (QED) is 0.894. The van der Waals surface area contributed by atoms with Crippen LogP contribution in [0.2, 0.25) is 0 Å². The van der Waals surface area contributed by atoms with Crippen LogP contribution in [0.25, 0.3) is 0 Å². The number of morpholine rings is 1. The Kier molecular flexibility index (Phi) is 5.98. The molecule has 2 unspecified atom stereocenters. The largest absolute Gasteiger partial charge is 0.378 e. The molecule has 2 saturated heterocycles. The molecule has 3 heterocycles. The van der Waals surface area contributed by atoms with Crippen LogP contribution in [0.3, 0.4) is 0 Å². The maximum Gasteiger partial charge on any atom is 0.321 e. The summed E-state index contributed by atoms with van der Waals surface area (Å²) in [5.74, 6) is 0.946. The molecule has 7 nitrogen and oxygen atoms in total. The van der Waals surface area contributed by atoms with Crippen LogP contribution < -0.4 is 10.2 Å². The van der Waals surface area contributed by atoms with Gasteiger partial charge in [-0.25, -0.2) is 9.78 Å². The lowest BCUT2D eigenvalue weighted by atomic mass is 9.98. The monoisotopic (exact) mass is 361 g/mol. The van der Waals surface area contributed by atoms with E-state index in [1.165, 1.54) is 0 Å². The van der Waals surface area contributed by atoms with E-state index in [9.17, 15) is 4.79 Å². The number of carbonyl (C=O) groups excluding carboxylic acids is 1. The smallest absolute Gasteiger partial charge is 0.321 e. The fraction of sp³-hybridized carbons (Fsp3) is 0.684. The van der Waals surface area contributed by atoms with Gasteiger partial charge in [-0.3, -0.25) is 0 Å². The van der Waals surface area contributed by atoms with Crippen molar-refractivity contribution in [2.24, 2.45) is 0 Å². The van der Waals surface area contributed by atoms with Crippen LogP contribution in [0, 0.1) is 6.92 Å². The molecule has 1 N–H and O–H groups in total. The highest BCUT2D eigenvalue weighted by Gasteiger charge is 2.28. The van der Waals surface area contributed by atoms with Crippen LogP contribution in [0.15, 0.2) is 12.1 Å². The van der Waals surface area contributed by atoms with Crippen LogP contribution in [-0.4, -0.2) is 79.8 Å². The molecule has 0 saturated carbocycles. The second-order valence-corrected chi connectivity index (χ2v) is 7.45. The number of carbonyl (C=O) groups is 1. The van der Waals surface area contributed by atoms with E-state index in [0.717, 1.165) is 62.9 Å². The molecule has 2 fully saturated rings. The number of urea groups is 1. The lowest BCUT2D eigenvalue weighted by Gasteiger charge is -2.39. The van der Waals surface area contributed by atoms with Gasteiger partial charge in [-0.1, -0.05) is 0 Å².